The van der Waals surface area contributed by atoms with Gasteiger partial charge in [-0.15, -0.1) is 0 Å². The summed E-state index contributed by atoms with van der Waals surface area (Å²) in [5.41, 5.74) is -0.771. The van der Waals surface area contributed by atoms with E-state index < -0.39 is 41.0 Å². The van der Waals surface area contributed by atoms with Gasteiger partial charge in [0, 0.05) is 17.7 Å². The standard InChI is InChI=1S/C16H12O8.C5H10O4/c1-22-24-8-5-11(19)13-12(6-8)23-16(15(21)14(13)20)7-2-3-9(17)10(18)4-7;6-3-1-9-2-4(7)5(3)8/h2-6,17-19,21H,1H3;3-8H,1-2H2/t;3-,4+,5?. The topological polar surface area (TPSA) is 200 Å². The number of aromatic hydroxyl groups is 4. The van der Waals surface area contributed by atoms with Crippen molar-refractivity contribution < 1.29 is 54.7 Å². The molecule has 0 radical (unpaired) electrons. The summed E-state index contributed by atoms with van der Waals surface area (Å²) in [5, 5.41) is 65.2. The third-order valence-electron chi connectivity index (χ3n) is 4.71. The first-order chi connectivity index (χ1) is 15.6. The van der Waals surface area contributed by atoms with Crippen LogP contribution in [0.15, 0.2) is 39.5 Å². The summed E-state index contributed by atoms with van der Waals surface area (Å²) in [4.78, 5) is 21.6. The predicted octanol–water partition coefficient (Wildman–Crippen LogP) is 0.322. The van der Waals surface area contributed by atoms with Crippen LogP contribution in [0.4, 0.5) is 0 Å². The fourth-order valence-electron chi connectivity index (χ4n) is 3.03. The largest absolute Gasteiger partial charge is 0.507 e. The van der Waals surface area contributed by atoms with Crippen LogP contribution in [0.5, 0.6) is 28.7 Å². The van der Waals surface area contributed by atoms with Gasteiger partial charge in [-0.1, -0.05) is 0 Å². The van der Waals surface area contributed by atoms with E-state index in [2.05, 4.69) is 4.89 Å². The molecule has 1 fully saturated rings. The maximum Gasteiger partial charge on any atom is 0.238 e. The molecule has 3 atom stereocenters. The highest BCUT2D eigenvalue weighted by molar-refractivity contribution is 5.88. The molecule has 4 rings (SSSR count). The summed E-state index contributed by atoms with van der Waals surface area (Å²) >= 11 is 0. The predicted molar refractivity (Wildman–Crippen MR) is 111 cm³/mol. The zero-order chi connectivity index (χ0) is 24.3. The molecule has 1 aromatic heterocycles. The number of aliphatic hydroxyl groups is 3. The van der Waals surface area contributed by atoms with Gasteiger partial charge in [0.2, 0.25) is 11.2 Å². The minimum absolute atomic E-state index is 0.0626. The van der Waals surface area contributed by atoms with E-state index in [4.69, 9.17) is 29.4 Å². The number of aliphatic hydroxyl groups excluding tert-OH is 3. The molecule has 3 aromatic rings. The van der Waals surface area contributed by atoms with E-state index in [0.29, 0.717) is 0 Å². The molecule has 1 aliphatic heterocycles. The van der Waals surface area contributed by atoms with Gasteiger partial charge in [0.15, 0.2) is 23.0 Å². The summed E-state index contributed by atoms with van der Waals surface area (Å²) in [7, 11) is 1.26. The SMILES string of the molecule is COOc1cc(O)c2c(=O)c(O)c(-c3ccc(O)c(O)c3)oc2c1.OC1[C@H](O)COC[C@@H]1O. The Labute approximate surface area is 185 Å². The molecule has 0 bridgehead atoms. The van der Waals surface area contributed by atoms with E-state index in [1.807, 2.05) is 0 Å². The molecule has 7 N–H and O–H groups in total. The minimum atomic E-state index is -1.04. The Morgan fingerprint density at radius 2 is 1.58 bits per heavy atom. The highest BCUT2D eigenvalue weighted by atomic mass is 17.2. The highest BCUT2D eigenvalue weighted by Crippen LogP contribution is 2.37. The Morgan fingerprint density at radius 1 is 0.909 bits per heavy atom. The van der Waals surface area contributed by atoms with Crippen molar-refractivity contribution in [2.24, 2.45) is 0 Å². The van der Waals surface area contributed by atoms with Crippen LogP contribution in [0.1, 0.15) is 0 Å². The Hall–Kier alpha value is -3.55. The van der Waals surface area contributed by atoms with Gasteiger partial charge in [-0.2, -0.15) is 4.89 Å². The van der Waals surface area contributed by atoms with E-state index >= 15 is 0 Å². The average molecular weight is 466 g/mol. The number of phenols is 3. The van der Waals surface area contributed by atoms with E-state index in [0.717, 1.165) is 12.1 Å². The normalized spacial score (nSPS) is 20.2. The van der Waals surface area contributed by atoms with Gasteiger partial charge < -0.3 is 49.8 Å². The molecule has 12 nitrogen and oxygen atoms in total. The molecule has 2 aromatic carbocycles. The number of rotatable bonds is 3. The van der Waals surface area contributed by atoms with E-state index in [1.165, 1.54) is 25.3 Å². The number of hydrogen-bond acceptors (Lipinski definition) is 12. The quantitative estimate of drug-likeness (QED) is 0.159. The first-order valence-corrected chi connectivity index (χ1v) is 9.51. The summed E-state index contributed by atoms with van der Waals surface area (Å²) in [6.45, 7) is 0.219. The molecule has 1 saturated heterocycles. The van der Waals surface area contributed by atoms with Gasteiger partial charge >= 0.3 is 0 Å². The van der Waals surface area contributed by atoms with Crippen LogP contribution < -0.4 is 10.3 Å². The molecule has 33 heavy (non-hydrogen) atoms. The third kappa shape index (κ3) is 5.10. The van der Waals surface area contributed by atoms with Crippen LogP contribution in [0, 0.1) is 0 Å². The van der Waals surface area contributed by atoms with E-state index in [-0.39, 0.29) is 47.0 Å². The van der Waals surface area contributed by atoms with Gasteiger partial charge in [0.25, 0.3) is 0 Å². The summed E-state index contributed by atoms with van der Waals surface area (Å²) in [6.07, 6.45) is -2.92. The monoisotopic (exact) mass is 466 g/mol. The molecule has 2 heterocycles. The zero-order valence-electron chi connectivity index (χ0n) is 17.2. The summed E-state index contributed by atoms with van der Waals surface area (Å²) < 4.78 is 10.2. The summed E-state index contributed by atoms with van der Waals surface area (Å²) in [6, 6.07) is 6.07. The van der Waals surface area contributed by atoms with Crippen LogP contribution in [-0.4, -0.2) is 74.4 Å². The lowest BCUT2D eigenvalue weighted by Crippen LogP contribution is -2.47. The molecule has 0 saturated carbocycles. The van der Waals surface area contributed by atoms with Crippen LogP contribution >= 0.6 is 0 Å². The van der Waals surface area contributed by atoms with Gasteiger partial charge in [-0.05, 0) is 18.2 Å². The lowest BCUT2D eigenvalue weighted by Gasteiger charge is -2.27. The van der Waals surface area contributed by atoms with Crippen molar-refractivity contribution in [3.63, 3.8) is 0 Å². The molecule has 178 valence electrons. The number of hydrogen-bond donors (Lipinski definition) is 7. The minimum Gasteiger partial charge on any atom is -0.507 e. The lowest BCUT2D eigenvalue weighted by atomic mass is 10.1. The number of benzene rings is 2. The second-order valence-corrected chi connectivity index (χ2v) is 7.04. The molecule has 0 amide bonds. The Morgan fingerprint density at radius 3 is 2.15 bits per heavy atom. The molecule has 12 heteroatoms. The maximum absolute atomic E-state index is 12.3. The zero-order valence-corrected chi connectivity index (χ0v) is 17.2. The molecular formula is C21H22O12. The van der Waals surface area contributed by atoms with Crippen molar-refractivity contribution in [2.45, 2.75) is 18.3 Å². The first-order valence-electron chi connectivity index (χ1n) is 9.51. The van der Waals surface area contributed by atoms with Crippen molar-refractivity contribution in [1.82, 2.24) is 0 Å². The van der Waals surface area contributed by atoms with E-state index in [9.17, 15) is 25.2 Å². The fourth-order valence-corrected chi connectivity index (χ4v) is 3.03. The van der Waals surface area contributed by atoms with Crippen molar-refractivity contribution in [3.8, 4) is 40.1 Å². The molecule has 1 unspecified atom stereocenters. The Balaban J connectivity index is 0.000000286. The van der Waals surface area contributed by atoms with Crippen molar-refractivity contribution in [2.75, 3.05) is 20.3 Å². The third-order valence-corrected chi connectivity index (χ3v) is 4.71. The van der Waals surface area contributed by atoms with Crippen LogP contribution in [0.25, 0.3) is 22.3 Å². The number of phenolic OH excluding ortho intramolecular Hbond substituents is 3. The molecule has 0 aliphatic carbocycles. The number of fused-ring (bicyclic) bond motifs is 1. The Kier molecular flexibility index (Phi) is 7.26. The summed E-state index contributed by atoms with van der Waals surface area (Å²) in [5.74, 6) is -2.18. The van der Waals surface area contributed by atoms with Gasteiger partial charge in [-0.25, -0.2) is 0 Å². The van der Waals surface area contributed by atoms with Crippen molar-refractivity contribution in [1.29, 1.82) is 0 Å². The van der Waals surface area contributed by atoms with Gasteiger partial charge in [-0.3, -0.25) is 4.79 Å². The van der Waals surface area contributed by atoms with Gasteiger partial charge in [0.1, 0.15) is 35.0 Å². The second-order valence-electron chi connectivity index (χ2n) is 7.04. The van der Waals surface area contributed by atoms with Gasteiger partial charge in [0.05, 0.1) is 20.3 Å². The van der Waals surface area contributed by atoms with Crippen LogP contribution in [0.2, 0.25) is 0 Å². The van der Waals surface area contributed by atoms with Crippen molar-refractivity contribution >= 4 is 11.0 Å². The second kappa shape index (κ2) is 9.94. The molecule has 1 aliphatic rings. The average Bonchev–Trinajstić information content (AvgIpc) is 2.77. The lowest BCUT2D eigenvalue weighted by molar-refractivity contribution is -0.178. The number of ether oxygens (including phenoxy) is 1. The molecular weight excluding hydrogens is 444 g/mol. The highest BCUT2D eigenvalue weighted by Gasteiger charge is 2.29. The van der Waals surface area contributed by atoms with Crippen LogP contribution in [0.3, 0.4) is 0 Å². The Bertz CT molecular complexity index is 1180. The molecule has 0 spiro atoms. The smallest absolute Gasteiger partial charge is 0.238 e. The van der Waals surface area contributed by atoms with Crippen LogP contribution in [-0.2, 0) is 9.62 Å². The fraction of sp³-hybridized carbons (Fsp3) is 0.286. The van der Waals surface area contributed by atoms with Crippen molar-refractivity contribution in [3.05, 3.63) is 40.6 Å². The first kappa shape index (κ1) is 24.1. The van der Waals surface area contributed by atoms with E-state index in [1.54, 1.807) is 0 Å². The maximum atomic E-state index is 12.3.